The number of hydrogen-bond donors (Lipinski definition) is 1. The number of carbonyl (C=O) groups excluding carboxylic acids is 2. The number of aromatic nitrogens is 2. The SMILES string of the molecule is CCOC(=O)COc1ncc(C(=O)Nc2ccc(F)cc2)cn1. The number of nitrogens with zero attached hydrogens (tertiary/aromatic N) is 2. The number of ether oxygens (including phenoxy) is 2. The van der Waals surface area contributed by atoms with Gasteiger partial charge in [-0.05, 0) is 31.2 Å². The van der Waals surface area contributed by atoms with Crippen LogP contribution in [0.15, 0.2) is 36.7 Å². The van der Waals surface area contributed by atoms with Gasteiger partial charge in [-0.1, -0.05) is 0 Å². The zero-order valence-electron chi connectivity index (χ0n) is 12.3. The van der Waals surface area contributed by atoms with Crippen LogP contribution in [0.25, 0.3) is 0 Å². The molecule has 0 aliphatic carbocycles. The van der Waals surface area contributed by atoms with Gasteiger partial charge >= 0.3 is 12.0 Å². The Morgan fingerprint density at radius 1 is 1.17 bits per heavy atom. The molecule has 1 amide bonds. The molecule has 2 rings (SSSR count). The van der Waals surface area contributed by atoms with Crippen LogP contribution in [-0.2, 0) is 9.53 Å². The third-order valence-electron chi connectivity index (χ3n) is 2.62. The van der Waals surface area contributed by atoms with E-state index >= 15 is 0 Å². The first-order valence-electron chi connectivity index (χ1n) is 6.76. The lowest BCUT2D eigenvalue weighted by Crippen LogP contribution is -2.16. The van der Waals surface area contributed by atoms with Crippen LogP contribution >= 0.6 is 0 Å². The quantitative estimate of drug-likeness (QED) is 0.817. The standard InChI is InChI=1S/C15H14FN3O4/c1-2-22-13(20)9-23-15-17-7-10(8-18-15)14(21)19-12-5-3-11(16)4-6-12/h3-8H,2,9H2,1H3,(H,19,21). The van der Waals surface area contributed by atoms with Crippen LogP contribution < -0.4 is 10.1 Å². The predicted molar refractivity (Wildman–Crippen MR) is 78.5 cm³/mol. The second kappa shape index (κ2) is 7.83. The van der Waals surface area contributed by atoms with E-state index in [-0.39, 0.29) is 24.8 Å². The molecule has 0 aliphatic rings. The monoisotopic (exact) mass is 319 g/mol. The van der Waals surface area contributed by atoms with E-state index in [2.05, 4.69) is 15.3 Å². The highest BCUT2D eigenvalue weighted by Gasteiger charge is 2.09. The van der Waals surface area contributed by atoms with Crippen molar-refractivity contribution >= 4 is 17.6 Å². The number of amides is 1. The summed E-state index contributed by atoms with van der Waals surface area (Å²) in [5.74, 6) is -1.38. The maximum Gasteiger partial charge on any atom is 0.344 e. The van der Waals surface area contributed by atoms with E-state index in [9.17, 15) is 14.0 Å². The Morgan fingerprint density at radius 2 is 1.83 bits per heavy atom. The first kappa shape index (κ1) is 16.3. The Labute approximate surface area is 131 Å². The molecule has 7 nitrogen and oxygen atoms in total. The van der Waals surface area contributed by atoms with Gasteiger partial charge < -0.3 is 14.8 Å². The van der Waals surface area contributed by atoms with Gasteiger partial charge in [-0.25, -0.2) is 19.2 Å². The van der Waals surface area contributed by atoms with Crippen LogP contribution in [0.2, 0.25) is 0 Å². The summed E-state index contributed by atoms with van der Waals surface area (Å²) in [5.41, 5.74) is 0.636. The van der Waals surface area contributed by atoms with Crippen molar-refractivity contribution in [3.63, 3.8) is 0 Å². The van der Waals surface area contributed by atoms with E-state index < -0.39 is 17.7 Å². The average Bonchev–Trinajstić information content (AvgIpc) is 2.56. The van der Waals surface area contributed by atoms with Gasteiger partial charge in [-0.2, -0.15) is 0 Å². The summed E-state index contributed by atoms with van der Waals surface area (Å²) < 4.78 is 22.5. The number of carbonyl (C=O) groups is 2. The second-order valence-electron chi connectivity index (χ2n) is 4.31. The molecule has 2 aromatic rings. The van der Waals surface area contributed by atoms with Gasteiger partial charge in [0.25, 0.3) is 5.91 Å². The normalized spacial score (nSPS) is 10.0. The molecular weight excluding hydrogens is 305 g/mol. The fraction of sp³-hybridized carbons (Fsp3) is 0.200. The molecule has 0 bridgehead atoms. The lowest BCUT2D eigenvalue weighted by molar-refractivity contribution is -0.145. The Morgan fingerprint density at radius 3 is 2.43 bits per heavy atom. The molecule has 1 aromatic carbocycles. The molecule has 0 saturated heterocycles. The van der Waals surface area contributed by atoms with Crippen LogP contribution in [-0.4, -0.2) is 35.1 Å². The minimum Gasteiger partial charge on any atom is -0.463 e. The lowest BCUT2D eigenvalue weighted by Gasteiger charge is -2.06. The Hall–Kier alpha value is -3.03. The summed E-state index contributed by atoms with van der Waals surface area (Å²) in [6.07, 6.45) is 2.51. The Bertz CT molecular complexity index is 674. The van der Waals surface area contributed by atoms with Crippen molar-refractivity contribution in [2.45, 2.75) is 6.92 Å². The van der Waals surface area contributed by atoms with Crippen LogP contribution in [0.5, 0.6) is 6.01 Å². The van der Waals surface area contributed by atoms with Gasteiger partial charge in [0.1, 0.15) is 5.82 Å². The van der Waals surface area contributed by atoms with Crippen LogP contribution in [0.1, 0.15) is 17.3 Å². The molecule has 0 unspecified atom stereocenters. The smallest absolute Gasteiger partial charge is 0.344 e. The zero-order chi connectivity index (χ0) is 16.7. The van der Waals surface area contributed by atoms with E-state index in [1.165, 1.54) is 36.7 Å². The molecule has 0 aliphatic heterocycles. The lowest BCUT2D eigenvalue weighted by atomic mass is 10.2. The number of benzene rings is 1. The van der Waals surface area contributed by atoms with Gasteiger partial charge in [0, 0.05) is 18.1 Å². The summed E-state index contributed by atoms with van der Waals surface area (Å²) >= 11 is 0. The van der Waals surface area contributed by atoms with Crippen molar-refractivity contribution in [2.75, 3.05) is 18.5 Å². The molecule has 23 heavy (non-hydrogen) atoms. The van der Waals surface area contributed by atoms with Gasteiger partial charge in [-0.3, -0.25) is 4.79 Å². The largest absolute Gasteiger partial charge is 0.463 e. The molecule has 0 saturated carbocycles. The maximum absolute atomic E-state index is 12.8. The third kappa shape index (κ3) is 5.03. The molecule has 0 fully saturated rings. The van der Waals surface area contributed by atoms with Gasteiger partial charge in [-0.15, -0.1) is 0 Å². The van der Waals surface area contributed by atoms with E-state index in [0.29, 0.717) is 5.69 Å². The van der Waals surface area contributed by atoms with Gasteiger partial charge in [0.15, 0.2) is 6.61 Å². The fourth-order valence-electron chi connectivity index (χ4n) is 1.57. The number of hydrogen-bond acceptors (Lipinski definition) is 6. The average molecular weight is 319 g/mol. The topological polar surface area (TPSA) is 90.4 Å². The summed E-state index contributed by atoms with van der Waals surface area (Å²) in [5, 5.41) is 2.57. The van der Waals surface area contributed by atoms with E-state index in [0.717, 1.165) is 0 Å². The third-order valence-corrected chi connectivity index (χ3v) is 2.62. The van der Waals surface area contributed by atoms with Crippen LogP contribution in [0.4, 0.5) is 10.1 Å². The molecule has 1 aromatic heterocycles. The molecule has 8 heteroatoms. The summed E-state index contributed by atoms with van der Waals surface area (Å²) in [7, 11) is 0. The predicted octanol–water partition coefficient (Wildman–Crippen LogP) is 1.81. The molecule has 0 atom stereocenters. The number of anilines is 1. The maximum atomic E-state index is 12.8. The van der Waals surface area contributed by atoms with Crippen molar-refractivity contribution in [2.24, 2.45) is 0 Å². The van der Waals surface area contributed by atoms with Crippen LogP contribution in [0.3, 0.4) is 0 Å². The minimum absolute atomic E-state index is 0.0450. The summed E-state index contributed by atoms with van der Waals surface area (Å²) in [6, 6.07) is 5.29. The number of rotatable bonds is 6. The number of nitrogens with one attached hydrogen (secondary N) is 1. The molecule has 120 valence electrons. The molecule has 0 spiro atoms. The minimum atomic E-state index is -0.533. The van der Waals surface area contributed by atoms with Crippen molar-refractivity contribution in [3.8, 4) is 6.01 Å². The molecular formula is C15H14FN3O4. The van der Waals surface area contributed by atoms with Gasteiger partial charge in [0.2, 0.25) is 0 Å². The van der Waals surface area contributed by atoms with Crippen molar-refractivity contribution in [1.29, 1.82) is 0 Å². The van der Waals surface area contributed by atoms with Crippen molar-refractivity contribution in [3.05, 3.63) is 48.0 Å². The van der Waals surface area contributed by atoms with Crippen molar-refractivity contribution < 1.29 is 23.5 Å². The molecule has 1 N–H and O–H groups in total. The van der Waals surface area contributed by atoms with E-state index in [1.807, 2.05) is 0 Å². The fourth-order valence-corrected chi connectivity index (χ4v) is 1.57. The number of halogens is 1. The Kier molecular flexibility index (Phi) is 5.56. The highest BCUT2D eigenvalue weighted by atomic mass is 19.1. The van der Waals surface area contributed by atoms with Gasteiger partial charge in [0.05, 0.1) is 12.2 Å². The first-order valence-corrected chi connectivity index (χ1v) is 6.76. The zero-order valence-corrected chi connectivity index (χ0v) is 12.3. The first-order chi connectivity index (χ1) is 11.1. The highest BCUT2D eigenvalue weighted by molar-refractivity contribution is 6.03. The van der Waals surface area contributed by atoms with Crippen LogP contribution in [0, 0.1) is 5.82 Å². The molecule has 1 heterocycles. The van der Waals surface area contributed by atoms with E-state index in [1.54, 1.807) is 6.92 Å². The Balaban J connectivity index is 1.92. The van der Waals surface area contributed by atoms with E-state index in [4.69, 9.17) is 9.47 Å². The molecule has 0 radical (unpaired) electrons. The summed E-state index contributed by atoms with van der Waals surface area (Å²) in [6.45, 7) is 1.63. The highest BCUT2D eigenvalue weighted by Crippen LogP contribution is 2.10. The van der Waals surface area contributed by atoms with Crippen molar-refractivity contribution in [1.82, 2.24) is 9.97 Å². The number of esters is 1. The second-order valence-corrected chi connectivity index (χ2v) is 4.31. The summed E-state index contributed by atoms with van der Waals surface area (Å²) in [4.78, 5) is 30.7.